The maximum Gasteiger partial charge on any atom is 0.276 e. The molecule has 3 atom stereocenters. The number of nitrogens with one attached hydrogen (secondary N) is 1. The molecule has 0 aliphatic carbocycles. The number of rotatable bonds is 4. The smallest absolute Gasteiger partial charge is 0.276 e. The number of methoxy groups -OCH3 is 1. The summed E-state index contributed by atoms with van der Waals surface area (Å²) in [7, 11) is 1.25. The Morgan fingerprint density at radius 1 is 1.27 bits per heavy atom. The minimum Gasteiger partial charge on any atom is -0.491 e. The van der Waals surface area contributed by atoms with Gasteiger partial charge < -0.3 is 29.0 Å². The first-order valence-electron chi connectivity index (χ1n) is 10.5. The normalized spacial score (nSPS) is 23.5. The van der Waals surface area contributed by atoms with E-state index in [2.05, 4.69) is 5.32 Å². The number of hydrogen-bond acceptors (Lipinski definition) is 6. The van der Waals surface area contributed by atoms with E-state index in [9.17, 15) is 23.2 Å². The number of halogens is 2. The molecule has 1 N–H and O–H groups in total. The highest BCUT2D eigenvalue weighted by atomic mass is 19.1. The number of pyridine rings is 1. The van der Waals surface area contributed by atoms with Gasteiger partial charge in [0.2, 0.25) is 5.43 Å². The Bertz CT molecular complexity index is 1200. The Kier molecular flexibility index (Phi) is 5.37. The zero-order chi connectivity index (χ0) is 23.3. The Morgan fingerprint density at radius 2 is 2.09 bits per heavy atom. The summed E-state index contributed by atoms with van der Waals surface area (Å²) in [4.78, 5) is 40.7. The van der Waals surface area contributed by atoms with Gasteiger partial charge in [0.15, 0.2) is 17.7 Å². The van der Waals surface area contributed by atoms with E-state index in [1.165, 1.54) is 23.9 Å². The molecule has 174 valence electrons. The number of aromatic nitrogens is 1. The van der Waals surface area contributed by atoms with Gasteiger partial charge in [0, 0.05) is 24.4 Å². The Balaban J connectivity index is 1.46. The van der Waals surface area contributed by atoms with Crippen LogP contribution in [0, 0.1) is 11.6 Å². The Hall–Kier alpha value is -3.31. The van der Waals surface area contributed by atoms with Crippen LogP contribution in [0.15, 0.2) is 29.2 Å². The van der Waals surface area contributed by atoms with E-state index in [-0.39, 0.29) is 47.8 Å². The summed E-state index contributed by atoms with van der Waals surface area (Å²) in [6.07, 6.45) is 1.24. The van der Waals surface area contributed by atoms with Crippen LogP contribution in [0.1, 0.15) is 32.8 Å². The SMILES string of the molecule is COc1c2n(cc(C(=O)NCc3ccc(F)cc3F)c1=O)C[C@H]1O[C@@H]3COC[C@@H](C3)N1C2=O. The zero-order valence-corrected chi connectivity index (χ0v) is 17.7. The van der Waals surface area contributed by atoms with Crippen molar-refractivity contribution in [2.75, 3.05) is 20.3 Å². The number of carbonyl (C=O) groups excluding carboxylic acids is 2. The molecule has 3 aliphatic rings. The van der Waals surface area contributed by atoms with Gasteiger partial charge in [-0.1, -0.05) is 6.07 Å². The summed E-state index contributed by atoms with van der Waals surface area (Å²) >= 11 is 0. The number of hydrogen-bond donors (Lipinski definition) is 1. The van der Waals surface area contributed by atoms with E-state index < -0.39 is 35.1 Å². The van der Waals surface area contributed by atoms with Crippen LogP contribution in [-0.2, 0) is 22.6 Å². The molecule has 9 nitrogen and oxygen atoms in total. The molecule has 0 radical (unpaired) electrons. The molecule has 2 aromatic rings. The number of fused-ring (bicyclic) bond motifs is 5. The standard InChI is InChI=1S/C22H21F2N3O6/c1-31-20-18-22(30)27-13-5-14(10-32-9-13)33-17(27)8-26(18)7-15(19(20)28)21(29)25-6-11-2-3-12(23)4-16(11)24/h2-4,7,13-14,17H,5-6,8-10H2,1H3,(H,25,29)/t13-,14+,17-/m1/s1. The molecular formula is C22H21F2N3O6. The molecule has 0 saturated carbocycles. The summed E-state index contributed by atoms with van der Waals surface area (Å²) in [6, 6.07) is 2.82. The first kappa shape index (κ1) is 21.5. The van der Waals surface area contributed by atoms with Crippen molar-refractivity contribution in [2.24, 2.45) is 0 Å². The molecule has 2 amide bonds. The van der Waals surface area contributed by atoms with Crippen molar-refractivity contribution in [3.05, 3.63) is 63.1 Å². The Labute approximate surface area is 186 Å². The van der Waals surface area contributed by atoms with Crippen LogP contribution >= 0.6 is 0 Å². The van der Waals surface area contributed by atoms with Gasteiger partial charge in [-0.3, -0.25) is 14.4 Å². The second kappa shape index (κ2) is 8.23. The largest absolute Gasteiger partial charge is 0.491 e. The predicted octanol–water partition coefficient (Wildman–Crippen LogP) is 1.03. The van der Waals surface area contributed by atoms with E-state index in [4.69, 9.17) is 14.2 Å². The second-order valence-electron chi connectivity index (χ2n) is 8.18. The molecule has 1 aromatic carbocycles. The molecule has 1 aromatic heterocycles. The van der Waals surface area contributed by atoms with Crippen LogP contribution in [0.5, 0.6) is 5.75 Å². The number of carbonyl (C=O) groups is 2. The topological polar surface area (TPSA) is 99.1 Å². The fourth-order valence-corrected chi connectivity index (χ4v) is 4.59. The van der Waals surface area contributed by atoms with Crippen molar-refractivity contribution in [2.45, 2.75) is 37.9 Å². The molecule has 0 unspecified atom stereocenters. The highest BCUT2D eigenvalue weighted by Gasteiger charge is 2.46. The molecule has 2 bridgehead atoms. The van der Waals surface area contributed by atoms with Gasteiger partial charge in [0.1, 0.15) is 17.2 Å². The third kappa shape index (κ3) is 3.66. The molecule has 3 aliphatic heterocycles. The van der Waals surface area contributed by atoms with Gasteiger partial charge in [-0.2, -0.15) is 0 Å². The zero-order valence-electron chi connectivity index (χ0n) is 17.7. The van der Waals surface area contributed by atoms with Gasteiger partial charge in [0.05, 0.1) is 39.0 Å². The maximum absolute atomic E-state index is 13.9. The number of ether oxygens (including phenoxy) is 3. The lowest BCUT2D eigenvalue weighted by atomic mass is 10.0. The van der Waals surface area contributed by atoms with Crippen molar-refractivity contribution < 1.29 is 32.6 Å². The highest BCUT2D eigenvalue weighted by molar-refractivity contribution is 5.99. The number of nitrogens with zero attached hydrogens (tertiary/aromatic N) is 2. The van der Waals surface area contributed by atoms with E-state index >= 15 is 0 Å². The van der Waals surface area contributed by atoms with Crippen LogP contribution in [0.2, 0.25) is 0 Å². The average Bonchev–Trinajstić information content (AvgIpc) is 2.78. The van der Waals surface area contributed by atoms with Crippen molar-refractivity contribution in [3.63, 3.8) is 0 Å². The lowest BCUT2D eigenvalue weighted by molar-refractivity contribution is -0.206. The summed E-state index contributed by atoms with van der Waals surface area (Å²) in [5.41, 5.74) is -0.931. The summed E-state index contributed by atoms with van der Waals surface area (Å²) in [5, 5.41) is 2.46. The minimum absolute atomic E-state index is 0.0347. The van der Waals surface area contributed by atoms with E-state index in [1.807, 2.05) is 0 Å². The van der Waals surface area contributed by atoms with Gasteiger partial charge in [-0.05, 0) is 12.5 Å². The Morgan fingerprint density at radius 3 is 2.85 bits per heavy atom. The fourth-order valence-electron chi connectivity index (χ4n) is 4.59. The quantitative estimate of drug-likeness (QED) is 0.731. The van der Waals surface area contributed by atoms with Gasteiger partial charge >= 0.3 is 0 Å². The van der Waals surface area contributed by atoms with Crippen molar-refractivity contribution in [1.82, 2.24) is 14.8 Å². The lowest BCUT2D eigenvalue weighted by Crippen LogP contribution is -2.63. The van der Waals surface area contributed by atoms with Crippen molar-refractivity contribution >= 4 is 11.8 Å². The number of benzene rings is 1. The summed E-state index contributed by atoms with van der Waals surface area (Å²) in [6.45, 7) is 0.784. The monoisotopic (exact) mass is 461 g/mol. The molecule has 5 rings (SSSR count). The fraction of sp³-hybridized carbons (Fsp3) is 0.409. The van der Waals surface area contributed by atoms with Crippen molar-refractivity contribution in [1.29, 1.82) is 0 Å². The predicted molar refractivity (Wildman–Crippen MR) is 109 cm³/mol. The van der Waals surface area contributed by atoms with Crippen LogP contribution < -0.4 is 15.5 Å². The van der Waals surface area contributed by atoms with Crippen LogP contribution in [-0.4, -0.2) is 60.0 Å². The molecule has 33 heavy (non-hydrogen) atoms. The molecule has 0 spiro atoms. The summed E-state index contributed by atoms with van der Waals surface area (Å²) < 4.78 is 45.2. The van der Waals surface area contributed by atoms with Crippen molar-refractivity contribution in [3.8, 4) is 5.75 Å². The summed E-state index contributed by atoms with van der Waals surface area (Å²) in [5.74, 6) is -3.02. The van der Waals surface area contributed by atoms with Crippen LogP contribution in [0.3, 0.4) is 0 Å². The lowest BCUT2D eigenvalue weighted by Gasteiger charge is -2.50. The van der Waals surface area contributed by atoms with Crippen LogP contribution in [0.4, 0.5) is 8.78 Å². The third-order valence-electron chi connectivity index (χ3n) is 6.13. The third-order valence-corrected chi connectivity index (χ3v) is 6.13. The van der Waals surface area contributed by atoms with E-state index in [0.29, 0.717) is 25.7 Å². The maximum atomic E-state index is 13.9. The molecular weight excluding hydrogens is 440 g/mol. The van der Waals surface area contributed by atoms with Gasteiger partial charge in [-0.25, -0.2) is 8.78 Å². The van der Waals surface area contributed by atoms with E-state index in [1.54, 1.807) is 4.90 Å². The minimum atomic E-state index is -0.815. The van der Waals surface area contributed by atoms with Gasteiger partial charge in [-0.15, -0.1) is 0 Å². The highest BCUT2D eigenvalue weighted by Crippen LogP contribution is 2.33. The first-order chi connectivity index (χ1) is 15.9. The first-order valence-corrected chi connectivity index (χ1v) is 10.5. The molecule has 4 heterocycles. The molecule has 11 heteroatoms. The molecule has 2 fully saturated rings. The molecule has 2 saturated heterocycles. The average molecular weight is 461 g/mol. The van der Waals surface area contributed by atoms with Crippen LogP contribution in [0.25, 0.3) is 0 Å². The van der Waals surface area contributed by atoms with Gasteiger partial charge in [0.25, 0.3) is 11.8 Å². The number of amides is 2. The second-order valence-corrected chi connectivity index (χ2v) is 8.18. The van der Waals surface area contributed by atoms with E-state index in [0.717, 1.165) is 6.07 Å².